The van der Waals surface area contributed by atoms with Gasteiger partial charge in [0.2, 0.25) is 10.0 Å². The van der Waals surface area contributed by atoms with Crippen LogP contribution in [0.25, 0.3) is 6.08 Å². The second-order valence-electron chi connectivity index (χ2n) is 5.69. The number of carbonyl (C=O) groups is 2. The lowest BCUT2D eigenvalue weighted by atomic mass is 10.2. The smallest absolute Gasteiger partial charge is 0.331 e. The van der Waals surface area contributed by atoms with E-state index in [-0.39, 0.29) is 16.7 Å². The summed E-state index contributed by atoms with van der Waals surface area (Å²) >= 11 is 0. The molecule has 0 fully saturated rings. The van der Waals surface area contributed by atoms with Crippen molar-refractivity contribution in [1.29, 1.82) is 0 Å². The molecule has 0 saturated heterocycles. The van der Waals surface area contributed by atoms with E-state index in [9.17, 15) is 18.0 Å². The van der Waals surface area contributed by atoms with Gasteiger partial charge in [-0.15, -0.1) is 0 Å². The fraction of sp³-hybridized carbons (Fsp3) is 0.412. The number of nitrogens with one attached hydrogen (secondary N) is 2. The maximum Gasteiger partial charge on any atom is 0.331 e. The molecule has 1 atom stereocenters. The van der Waals surface area contributed by atoms with Crippen LogP contribution in [0.15, 0.2) is 29.2 Å². The number of methoxy groups -OCH3 is 1. The van der Waals surface area contributed by atoms with Crippen LogP contribution >= 0.6 is 0 Å². The Hall–Kier alpha value is -2.39. The molecule has 0 aliphatic carbocycles. The van der Waals surface area contributed by atoms with Crippen molar-refractivity contribution >= 4 is 28.0 Å². The molecule has 2 N–H and O–H groups in total. The van der Waals surface area contributed by atoms with Crippen molar-refractivity contribution in [2.75, 3.05) is 14.2 Å². The zero-order valence-corrected chi connectivity index (χ0v) is 16.2. The second-order valence-corrected chi connectivity index (χ2v) is 7.55. The molecule has 0 spiro atoms. The van der Waals surface area contributed by atoms with E-state index >= 15 is 0 Å². The first-order valence-corrected chi connectivity index (χ1v) is 9.39. The predicted octanol–water partition coefficient (Wildman–Crippen LogP) is 1.07. The molecule has 0 heterocycles. The first-order chi connectivity index (χ1) is 12.1. The van der Waals surface area contributed by atoms with Crippen molar-refractivity contribution < 1.29 is 27.5 Å². The van der Waals surface area contributed by atoms with Crippen molar-refractivity contribution in [2.45, 2.75) is 37.8 Å². The minimum atomic E-state index is -3.72. The summed E-state index contributed by atoms with van der Waals surface area (Å²) < 4.78 is 36.3. The molecule has 1 aromatic carbocycles. The summed E-state index contributed by atoms with van der Waals surface area (Å²) in [5.74, 6) is -0.933. The molecule has 0 bridgehead atoms. The molecule has 0 unspecified atom stereocenters. The van der Waals surface area contributed by atoms with Crippen LogP contribution in [-0.2, 0) is 24.3 Å². The molecule has 26 heavy (non-hydrogen) atoms. The molecule has 8 nitrogen and oxygen atoms in total. The Morgan fingerprint density at radius 3 is 2.38 bits per heavy atom. The largest absolute Gasteiger partial charge is 0.495 e. The van der Waals surface area contributed by atoms with Crippen LogP contribution in [0.3, 0.4) is 0 Å². The lowest BCUT2D eigenvalue weighted by molar-refractivity contribution is -0.150. The fourth-order valence-corrected chi connectivity index (χ4v) is 2.88. The number of amides is 1. The normalized spacial score (nSPS) is 12.8. The van der Waals surface area contributed by atoms with Gasteiger partial charge in [-0.2, -0.15) is 0 Å². The molecule has 0 aliphatic heterocycles. The van der Waals surface area contributed by atoms with Gasteiger partial charge in [0.05, 0.1) is 7.11 Å². The highest BCUT2D eigenvalue weighted by Gasteiger charge is 2.19. The third kappa shape index (κ3) is 6.16. The Morgan fingerprint density at radius 2 is 1.85 bits per heavy atom. The van der Waals surface area contributed by atoms with Crippen LogP contribution < -0.4 is 14.8 Å². The molecule has 0 saturated carbocycles. The van der Waals surface area contributed by atoms with Gasteiger partial charge in [0.15, 0.2) is 6.10 Å². The van der Waals surface area contributed by atoms with Crippen molar-refractivity contribution in [3.63, 3.8) is 0 Å². The van der Waals surface area contributed by atoms with E-state index in [1.54, 1.807) is 19.9 Å². The zero-order valence-electron chi connectivity index (χ0n) is 15.4. The fourth-order valence-electron chi connectivity index (χ4n) is 1.95. The number of hydrogen-bond donors (Lipinski definition) is 2. The van der Waals surface area contributed by atoms with Gasteiger partial charge in [-0.1, -0.05) is 6.07 Å². The van der Waals surface area contributed by atoms with Crippen molar-refractivity contribution in [1.82, 2.24) is 10.0 Å². The van der Waals surface area contributed by atoms with Crippen LogP contribution in [0.2, 0.25) is 0 Å². The molecule has 9 heteroatoms. The van der Waals surface area contributed by atoms with Crippen LogP contribution in [0.4, 0.5) is 0 Å². The van der Waals surface area contributed by atoms with Gasteiger partial charge < -0.3 is 14.8 Å². The van der Waals surface area contributed by atoms with Gasteiger partial charge in [-0.05, 0) is 51.6 Å². The van der Waals surface area contributed by atoms with Crippen molar-refractivity contribution in [3.05, 3.63) is 29.8 Å². The summed E-state index contributed by atoms with van der Waals surface area (Å²) in [7, 11) is -1.07. The summed E-state index contributed by atoms with van der Waals surface area (Å²) in [6.45, 7) is 5.06. The molecular weight excluding hydrogens is 360 g/mol. The number of ether oxygens (including phenoxy) is 2. The van der Waals surface area contributed by atoms with Gasteiger partial charge >= 0.3 is 5.97 Å². The Balaban J connectivity index is 2.90. The number of rotatable bonds is 8. The molecule has 0 aromatic heterocycles. The Bertz CT molecular complexity index is 786. The van der Waals surface area contributed by atoms with E-state index in [0.717, 1.165) is 6.08 Å². The molecule has 144 valence electrons. The average molecular weight is 384 g/mol. The SMILES string of the molecule is CNS(=O)(=O)c1cc(/C=C/C(=O)O[C@@H](C)C(=O)NC(C)C)ccc1OC. The van der Waals surface area contributed by atoms with Gasteiger partial charge in [0.25, 0.3) is 5.91 Å². The monoisotopic (exact) mass is 384 g/mol. The Kier molecular flexibility index (Phi) is 7.78. The van der Waals surface area contributed by atoms with E-state index < -0.39 is 28.0 Å². The number of benzene rings is 1. The van der Waals surface area contributed by atoms with Gasteiger partial charge in [-0.25, -0.2) is 17.9 Å². The third-order valence-corrected chi connectivity index (χ3v) is 4.69. The van der Waals surface area contributed by atoms with Crippen molar-refractivity contribution in [3.8, 4) is 5.75 Å². The second kappa shape index (κ2) is 9.35. The summed E-state index contributed by atoms with van der Waals surface area (Å²) in [6, 6.07) is 4.37. The minimum Gasteiger partial charge on any atom is -0.495 e. The van der Waals surface area contributed by atoms with E-state index in [0.29, 0.717) is 5.56 Å². The van der Waals surface area contributed by atoms with Crippen LogP contribution in [0.1, 0.15) is 26.3 Å². The molecule has 1 rings (SSSR count). The summed E-state index contributed by atoms with van der Waals surface area (Å²) in [5.41, 5.74) is 0.455. The topological polar surface area (TPSA) is 111 Å². The third-order valence-electron chi connectivity index (χ3n) is 3.25. The highest BCUT2D eigenvalue weighted by atomic mass is 32.2. The highest BCUT2D eigenvalue weighted by Crippen LogP contribution is 2.25. The zero-order chi connectivity index (χ0) is 19.9. The van der Waals surface area contributed by atoms with E-state index in [1.165, 1.54) is 39.3 Å². The first kappa shape index (κ1) is 21.7. The van der Waals surface area contributed by atoms with Gasteiger partial charge in [0, 0.05) is 12.1 Å². The minimum absolute atomic E-state index is 0.0531. The summed E-state index contributed by atoms with van der Waals surface area (Å²) in [6.07, 6.45) is 1.57. The highest BCUT2D eigenvalue weighted by molar-refractivity contribution is 7.89. The van der Waals surface area contributed by atoms with E-state index in [1.807, 2.05) is 0 Å². The predicted molar refractivity (Wildman–Crippen MR) is 97.1 cm³/mol. The van der Waals surface area contributed by atoms with E-state index in [4.69, 9.17) is 9.47 Å². The lowest BCUT2D eigenvalue weighted by Crippen LogP contribution is -2.39. The van der Waals surface area contributed by atoms with Gasteiger partial charge in [-0.3, -0.25) is 4.79 Å². The van der Waals surface area contributed by atoms with Gasteiger partial charge in [0.1, 0.15) is 10.6 Å². The molecule has 1 amide bonds. The Labute approximate surface area is 153 Å². The quantitative estimate of drug-likeness (QED) is 0.512. The number of esters is 1. The van der Waals surface area contributed by atoms with Crippen LogP contribution in [0.5, 0.6) is 5.75 Å². The van der Waals surface area contributed by atoms with Crippen LogP contribution in [0, 0.1) is 0 Å². The Morgan fingerprint density at radius 1 is 1.19 bits per heavy atom. The number of sulfonamides is 1. The molecule has 0 aliphatic rings. The number of carbonyl (C=O) groups excluding carboxylic acids is 2. The molecule has 0 radical (unpaired) electrons. The molecular formula is C17H24N2O6S. The molecule has 1 aromatic rings. The summed E-state index contributed by atoms with van der Waals surface area (Å²) in [5, 5.41) is 2.64. The standard InChI is InChI=1S/C17H24N2O6S/c1-11(2)19-17(21)12(3)25-16(20)9-7-13-6-8-14(24-5)15(10-13)26(22,23)18-4/h6-12,18H,1-5H3,(H,19,21)/b9-7+/t12-/m0/s1. The summed E-state index contributed by atoms with van der Waals surface area (Å²) in [4.78, 5) is 23.5. The average Bonchev–Trinajstić information content (AvgIpc) is 2.59. The van der Waals surface area contributed by atoms with E-state index in [2.05, 4.69) is 10.0 Å². The number of hydrogen-bond acceptors (Lipinski definition) is 6. The maximum absolute atomic E-state index is 12.0. The maximum atomic E-state index is 12.0. The van der Waals surface area contributed by atoms with Crippen molar-refractivity contribution in [2.24, 2.45) is 0 Å². The first-order valence-electron chi connectivity index (χ1n) is 7.91. The van der Waals surface area contributed by atoms with Crippen LogP contribution in [-0.4, -0.2) is 46.6 Å². The lowest BCUT2D eigenvalue weighted by Gasteiger charge is -2.14.